The molecular formula is C17H20N2O. The first-order valence-electron chi connectivity index (χ1n) is 6.80. The summed E-state index contributed by atoms with van der Waals surface area (Å²) in [5, 5.41) is 0. The maximum Gasteiger partial charge on any atom is 0.237 e. The SMILES string of the molecule is CC(c1ccccc1)N(Cc1ccccc1)C(=O)CN. The van der Waals surface area contributed by atoms with E-state index in [1.807, 2.05) is 72.5 Å². The molecule has 2 rings (SSSR count). The van der Waals surface area contributed by atoms with Crippen LogP contribution in [-0.2, 0) is 11.3 Å². The zero-order valence-electron chi connectivity index (χ0n) is 11.7. The zero-order valence-corrected chi connectivity index (χ0v) is 11.7. The molecule has 0 aromatic heterocycles. The van der Waals surface area contributed by atoms with Crippen LogP contribution in [-0.4, -0.2) is 17.4 Å². The van der Waals surface area contributed by atoms with E-state index < -0.39 is 0 Å². The van der Waals surface area contributed by atoms with Crippen molar-refractivity contribution < 1.29 is 4.79 Å². The lowest BCUT2D eigenvalue weighted by molar-refractivity contribution is -0.132. The van der Waals surface area contributed by atoms with Gasteiger partial charge in [0.1, 0.15) is 0 Å². The predicted octanol–water partition coefficient (Wildman–Crippen LogP) is 2.74. The fourth-order valence-corrected chi connectivity index (χ4v) is 2.25. The van der Waals surface area contributed by atoms with Gasteiger partial charge in [0.05, 0.1) is 12.6 Å². The minimum atomic E-state index is -0.0368. The van der Waals surface area contributed by atoms with Crippen molar-refractivity contribution in [3.8, 4) is 0 Å². The van der Waals surface area contributed by atoms with Gasteiger partial charge >= 0.3 is 0 Å². The van der Waals surface area contributed by atoms with Crippen molar-refractivity contribution >= 4 is 5.91 Å². The Morgan fingerprint density at radius 3 is 2.15 bits per heavy atom. The maximum absolute atomic E-state index is 12.1. The molecule has 104 valence electrons. The Hall–Kier alpha value is -2.13. The van der Waals surface area contributed by atoms with E-state index in [1.165, 1.54) is 0 Å². The number of nitrogens with two attached hydrogens (primary N) is 1. The number of amides is 1. The molecule has 0 aliphatic heterocycles. The Bertz CT molecular complexity index is 539. The molecular weight excluding hydrogens is 248 g/mol. The molecule has 2 aromatic carbocycles. The highest BCUT2D eigenvalue weighted by molar-refractivity contribution is 5.78. The topological polar surface area (TPSA) is 46.3 Å². The average molecular weight is 268 g/mol. The molecule has 3 nitrogen and oxygen atoms in total. The van der Waals surface area contributed by atoms with E-state index in [0.29, 0.717) is 6.54 Å². The van der Waals surface area contributed by atoms with Crippen molar-refractivity contribution in [2.75, 3.05) is 6.54 Å². The monoisotopic (exact) mass is 268 g/mol. The van der Waals surface area contributed by atoms with Crippen LogP contribution in [0.4, 0.5) is 0 Å². The van der Waals surface area contributed by atoms with Gasteiger partial charge in [-0.1, -0.05) is 60.7 Å². The third kappa shape index (κ3) is 3.45. The third-order valence-corrected chi connectivity index (χ3v) is 3.44. The molecule has 20 heavy (non-hydrogen) atoms. The molecule has 0 heterocycles. The van der Waals surface area contributed by atoms with Crippen LogP contribution < -0.4 is 5.73 Å². The highest BCUT2D eigenvalue weighted by Gasteiger charge is 2.20. The number of benzene rings is 2. The molecule has 1 amide bonds. The minimum absolute atomic E-state index is 0.00690. The smallest absolute Gasteiger partial charge is 0.237 e. The van der Waals surface area contributed by atoms with Gasteiger partial charge in [0, 0.05) is 6.54 Å². The van der Waals surface area contributed by atoms with Gasteiger partial charge in [-0.15, -0.1) is 0 Å². The van der Waals surface area contributed by atoms with Gasteiger partial charge in [-0.3, -0.25) is 4.79 Å². The Morgan fingerprint density at radius 2 is 1.60 bits per heavy atom. The van der Waals surface area contributed by atoms with E-state index in [4.69, 9.17) is 5.73 Å². The molecule has 0 spiro atoms. The number of nitrogens with zero attached hydrogens (tertiary/aromatic N) is 1. The number of rotatable bonds is 5. The van der Waals surface area contributed by atoms with E-state index in [-0.39, 0.29) is 18.5 Å². The molecule has 2 aromatic rings. The lowest BCUT2D eigenvalue weighted by atomic mass is 10.1. The van der Waals surface area contributed by atoms with E-state index in [1.54, 1.807) is 0 Å². The van der Waals surface area contributed by atoms with Crippen LogP contribution in [0.25, 0.3) is 0 Å². The molecule has 1 unspecified atom stereocenters. The second kappa shape index (κ2) is 6.87. The molecule has 3 heteroatoms. The molecule has 0 saturated heterocycles. The van der Waals surface area contributed by atoms with Crippen molar-refractivity contribution in [2.24, 2.45) is 5.73 Å². The Morgan fingerprint density at radius 1 is 1.05 bits per heavy atom. The van der Waals surface area contributed by atoms with Crippen LogP contribution in [0.3, 0.4) is 0 Å². The van der Waals surface area contributed by atoms with Crippen molar-refractivity contribution in [3.63, 3.8) is 0 Å². The first-order chi connectivity index (χ1) is 9.72. The standard InChI is InChI=1S/C17H20N2O/c1-14(16-10-6-3-7-11-16)19(17(20)12-18)13-15-8-4-2-5-9-15/h2-11,14H,12-13,18H2,1H3. The first-order valence-corrected chi connectivity index (χ1v) is 6.80. The number of carbonyl (C=O) groups excluding carboxylic acids is 1. The summed E-state index contributed by atoms with van der Waals surface area (Å²) in [4.78, 5) is 14.0. The molecule has 2 N–H and O–H groups in total. The normalized spacial score (nSPS) is 11.9. The number of carbonyl (C=O) groups is 1. The van der Waals surface area contributed by atoms with E-state index in [0.717, 1.165) is 11.1 Å². The van der Waals surface area contributed by atoms with Gasteiger partial charge in [0.2, 0.25) is 5.91 Å². The summed E-state index contributed by atoms with van der Waals surface area (Å²) >= 11 is 0. The molecule has 0 bridgehead atoms. The van der Waals surface area contributed by atoms with Crippen molar-refractivity contribution in [1.29, 1.82) is 0 Å². The van der Waals surface area contributed by atoms with Crippen LogP contribution >= 0.6 is 0 Å². The van der Waals surface area contributed by atoms with Gasteiger partial charge in [0.25, 0.3) is 0 Å². The Labute approximate surface area is 120 Å². The average Bonchev–Trinajstić information content (AvgIpc) is 2.53. The summed E-state index contributed by atoms with van der Waals surface area (Å²) in [6.07, 6.45) is 0. The van der Waals surface area contributed by atoms with Gasteiger partial charge < -0.3 is 10.6 Å². The third-order valence-electron chi connectivity index (χ3n) is 3.44. The maximum atomic E-state index is 12.1. The van der Waals surface area contributed by atoms with E-state index >= 15 is 0 Å². The van der Waals surface area contributed by atoms with Crippen LogP contribution in [0.15, 0.2) is 60.7 Å². The van der Waals surface area contributed by atoms with Gasteiger partial charge in [-0.25, -0.2) is 0 Å². The Balaban J connectivity index is 2.22. The van der Waals surface area contributed by atoms with Gasteiger partial charge in [0.15, 0.2) is 0 Å². The van der Waals surface area contributed by atoms with Gasteiger partial charge in [-0.05, 0) is 18.1 Å². The lowest BCUT2D eigenvalue weighted by Gasteiger charge is -2.29. The quantitative estimate of drug-likeness (QED) is 0.906. The Kier molecular flexibility index (Phi) is 4.91. The van der Waals surface area contributed by atoms with Crippen molar-refractivity contribution in [1.82, 2.24) is 4.90 Å². The fraction of sp³-hybridized carbons (Fsp3) is 0.235. The highest BCUT2D eigenvalue weighted by Crippen LogP contribution is 2.22. The summed E-state index contributed by atoms with van der Waals surface area (Å²) in [6, 6.07) is 20.0. The van der Waals surface area contributed by atoms with E-state index in [9.17, 15) is 4.79 Å². The van der Waals surface area contributed by atoms with Crippen LogP contribution in [0.2, 0.25) is 0 Å². The zero-order chi connectivity index (χ0) is 14.4. The number of hydrogen-bond donors (Lipinski definition) is 1. The first kappa shape index (κ1) is 14.3. The molecule has 0 aliphatic carbocycles. The van der Waals surface area contributed by atoms with Crippen molar-refractivity contribution in [3.05, 3.63) is 71.8 Å². The minimum Gasteiger partial charge on any atom is -0.331 e. The van der Waals surface area contributed by atoms with Crippen LogP contribution in [0.1, 0.15) is 24.1 Å². The van der Waals surface area contributed by atoms with E-state index in [2.05, 4.69) is 0 Å². The predicted molar refractivity (Wildman–Crippen MR) is 80.9 cm³/mol. The summed E-state index contributed by atoms with van der Waals surface area (Å²) in [6.45, 7) is 2.64. The van der Waals surface area contributed by atoms with Gasteiger partial charge in [-0.2, -0.15) is 0 Å². The second-order valence-electron chi connectivity index (χ2n) is 4.80. The summed E-state index contributed by atoms with van der Waals surface area (Å²) in [5.41, 5.74) is 7.78. The highest BCUT2D eigenvalue weighted by atomic mass is 16.2. The van der Waals surface area contributed by atoms with Crippen LogP contribution in [0.5, 0.6) is 0 Å². The summed E-state index contributed by atoms with van der Waals surface area (Å²) in [5.74, 6) is -0.0368. The molecule has 0 radical (unpaired) electrons. The fourth-order valence-electron chi connectivity index (χ4n) is 2.25. The summed E-state index contributed by atoms with van der Waals surface area (Å²) in [7, 11) is 0. The molecule has 0 saturated carbocycles. The molecule has 0 aliphatic rings. The molecule has 1 atom stereocenters. The van der Waals surface area contributed by atoms with Crippen LogP contribution in [0, 0.1) is 0 Å². The largest absolute Gasteiger partial charge is 0.331 e. The lowest BCUT2D eigenvalue weighted by Crippen LogP contribution is -2.37. The summed E-state index contributed by atoms with van der Waals surface area (Å²) < 4.78 is 0. The van der Waals surface area contributed by atoms with Crippen molar-refractivity contribution in [2.45, 2.75) is 19.5 Å². The number of hydrogen-bond acceptors (Lipinski definition) is 2. The second-order valence-corrected chi connectivity index (χ2v) is 4.80. The molecule has 0 fully saturated rings.